The lowest BCUT2D eigenvalue weighted by Gasteiger charge is -2.51. The van der Waals surface area contributed by atoms with Crippen LogP contribution in [0.2, 0.25) is 0 Å². The highest BCUT2D eigenvalue weighted by atomic mass is 16.3. The van der Waals surface area contributed by atoms with Gasteiger partial charge < -0.3 is 10.4 Å². The van der Waals surface area contributed by atoms with Gasteiger partial charge in [-0.2, -0.15) is 5.26 Å². The third-order valence-electron chi connectivity index (χ3n) is 4.30. The lowest BCUT2D eigenvalue weighted by Crippen LogP contribution is -2.70. The number of nitrogens with zero attached hydrogens (tertiary/aromatic N) is 1. The third-order valence-corrected chi connectivity index (χ3v) is 4.30. The highest BCUT2D eigenvalue weighted by Gasteiger charge is 2.56. The molecule has 0 bridgehead atoms. The van der Waals surface area contributed by atoms with Gasteiger partial charge in [-0.3, -0.25) is 0 Å². The van der Waals surface area contributed by atoms with Gasteiger partial charge in [-0.05, 0) is 30.4 Å². The molecule has 1 fully saturated rings. The van der Waals surface area contributed by atoms with Crippen molar-refractivity contribution in [2.75, 3.05) is 13.1 Å². The Morgan fingerprint density at radius 2 is 2.06 bits per heavy atom. The van der Waals surface area contributed by atoms with Gasteiger partial charge in [-0.25, -0.2) is 0 Å². The van der Waals surface area contributed by atoms with E-state index in [2.05, 4.69) is 17.5 Å². The zero-order chi connectivity index (χ0) is 11.9. The number of β-amino-alcohol motifs (C(OH)–C–C–N with tert-alkyl or cyclic N) is 1. The van der Waals surface area contributed by atoms with Gasteiger partial charge in [0.25, 0.3) is 0 Å². The summed E-state index contributed by atoms with van der Waals surface area (Å²) < 4.78 is 0. The van der Waals surface area contributed by atoms with Crippen LogP contribution in [-0.2, 0) is 11.8 Å². The molecule has 1 unspecified atom stereocenters. The van der Waals surface area contributed by atoms with Gasteiger partial charge in [-0.15, -0.1) is 0 Å². The van der Waals surface area contributed by atoms with E-state index in [1.54, 1.807) is 0 Å². The second-order valence-electron chi connectivity index (χ2n) is 5.16. The molecule has 3 heteroatoms. The summed E-state index contributed by atoms with van der Waals surface area (Å²) in [5.74, 6) is 0. The fourth-order valence-corrected chi connectivity index (χ4v) is 3.20. The number of rotatable bonds is 1. The molecule has 0 spiro atoms. The SMILES string of the molecule is N#CC1(C2(O)CNC2)CCCc2ccccc21. The summed E-state index contributed by atoms with van der Waals surface area (Å²) in [7, 11) is 0. The summed E-state index contributed by atoms with van der Waals surface area (Å²) in [4.78, 5) is 0. The third kappa shape index (κ3) is 1.28. The molecule has 1 aliphatic carbocycles. The predicted octanol–water partition coefficient (Wildman–Crippen LogP) is 1.12. The summed E-state index contributed by atoms with van der Waals surface area (Å²) in [6.45, 7) is 1.05. The zero-order valence-electron chi connectivity index (χ0n) is 9.74. The van der Waals surface area contributed by atoms with Crippen molar-refractivity contribution in [1.82, 2.24) is 5.32 Å². The van der Waals surface area contributed by atoms with Crippen molar-refractivity contribution >= 4 is 0 Å². The van der Waals surface area contributed by atoms with E-state index in [1.165, 1.54) is 5.56 Å². The first-order valence-electron chi connectivity index (χ1n) is 6.15. The molecule has 1 heterocycles. The van der Waals surface area contributed by atoms with E-state index in [4.69, 9.17) is 0 Å². The average molecular weight is 228 g/mol. The van der Waals surface area contributed by atoms with E-state index < -0.39 is 11.0 Å². The van der Waals surface area contributed by atoms with Crippen LogP contribution in [0.1, 0.15) is 24.0 Å². The van der Waals surface area contributed by atoms with Gasteiger partial charge in [0.2, 0.25) is 0 Å². The molecule has 3 nitrogen and oxygen atoms in total. The van der Waals surface area contributed by atoms with E-state index in [0.29, 0.717) is 13.1 Å². The first-order valence-corrected chi connectivity index (χ1v) is 6.15. The summed E-state index contributed by atoms with van der Waals surface area (Å²) in [6, 6.07) is 10.5. The highest BCUT2D eigenvalue weighted by Crippen LogP contribution is 2.46. The number of aryl methyl sites for hydroxylation is 1. The normalized spacial score (nSPS) is 29.9. The molecule has 3 rings (SSSR count). The van der Waals surface area contributed by atoms with Crippen molar-refractivity contribution in [3.05, 3.63) is 35.4 Å². The van der Waals surface area contributed by atoms with Crippen LogP contribution < -0.4 is 5.32 Å². The van der Waals surface area contributed by atoms with E-state index >= 15 is 0 Å². The van der Waals surface area contributed by atoms with Gasteiger partial charge in [-0.1, -0.05) is 24.3 Å². The van der Waals surface area contributed by atoms with Crippen LogP contribution in [-0.4, -0.2) is 23.8 Å². The lowest BCUT2D eigenvalue weighted by molar-refractivity contribution is -0.0658. The number of aliphatic hydroxyl groups is 1. The number of hydrogen-bond donors (Lipinski definition) is 2. The van der Waals surface area contributed by atoms with Crippen LogP contribution >= 0.6 is 0 Å². The van der Waals surface area contributed by atoms with E-state index in [9.17, 15) is 10.4 Å². The number of nitrogens with one attached hydrogen (secondary N) is 1. The second kappa shape index (κ2) is 3.56. The maximum absolute atomic E-state index is 10.6. The molecule has 2 N–H and O–H groups in total. The van der Waals surface area contributed by atoms with E-state index in [0.717, 1.165) is 24.8 Å². The monoisotopic (exact) mass is 228 g/mol. The minimum absolute atomic E-state index is 0.523. The summed E-state index contributed by atoms with van der Waals surface area (Å²) >= 11 is 0. The number of nitriles is 1. The Labute approximate surface area is 101 Å². The molecule has 1 atom stereocenters. The van der Waals surface area contributed by atoms with Gasteiger partial charge in [0, 0.05) is 13.1 Å². The molecule has 2 aliphatic rings. The molecule has 0 amide bonds. The predicted molar refractivity (Wildman–Crippen MR) is 64.5 cm³/mol. The molecular weight excluding hydrogens is 212 g/mol. The fourth-order valence-electron chi connectivity index (χ4n) is 3.20. The maximum atomic E-state index is 10.6. The van der Waals surface area contributed by atoms with E-state index in [1.807, 2.05) is 18.2 Å². The van der Waals surface area contributed by atoms with Crippen molar-refractivity contribution in [1.29, 1.82) is 5.26 Å². The van der Waals surface area contributed by atoms with Crippen LogP contribution in [0.5, 0.6) is 0 Å². The average Bonchev–Trinajstić information content (AvgIpc) is 2.35. The number of fused-ring (bicyclic) bond motifs is 1. The first kappa shape index (κ1) is 10.8. The van der Waals surface area contributed by atoms with Crippen LogP contribution in [0.25, 0.3) is 0 Å². The van der Waals surface area contributed by atoms with Gasteiger partial charge in [0.1, 0.15) is 11.0 Å². The molecule has 17 heavy (non-hydrogen) atoms. The van der Waals surface area contributed by atoms with Gasteiger partial charge in [0.15, 0.2) is 0 Å². The van der Waals surface area contributed by atoms with E-state index in [-0.39, 0.29) is 0 Å². The highest BCUT2D eigenvalue weighted by molar-refractivity contribution is 5.46. The molecule has 1 aromatic carbocycles. The maximum Gasteiger partial charge on any atom is 0.114 e. The van der Waals surface area contributed by atoms with Crippen LogP contribution in [0.3, 0.4) is 0 Å². The molecule has 0 radical (unpaired) electrons. The number of benzene rings is 1. The molecule has 1 aromatic rings. The van der Waals surface area contributed by atoms with Crippen LogP contribution in [0, 0.1) is 11.3 Å². The Morgan fingerprint density at radius 3 is 2.71 bits per heavy atom. The molecule has 1 saturated heterocycles. The summed E-state index contributed by atoms with van der Waals surface area (Å²) in [5.41, 5.74) is 0.657. The largest absolute Gasteiger partial charge is 0.385 e. The number of hydrogen-bond acceptors (Lipinski definition) is 3. The standard InChI is InChI=1S/C14H16N2O/c15-8-13(14(17)9-16-10-14)7-3-5-11-4-1-2-6-12(11)13/h1-2,4,6,16-17H,3,5,7,9-10H2. The minimum atomic E-state index is -0.891. The Kier molecular flexibility index (Phi) is 2.25. The van der Waals surface area contributed by atoms with Crippen molar-refractivity contribution in [2.45, 2.75) is 30.3 Å². The van der Waals surface area contributed by atoms with Crippen molar-refractivity contribution < 1.29 is 5.11 Å². The van der Waals surface area contributed by atoms with Crippen LogP contribution in [0.4, 0.5) is 0 Å². The van der Waals surface area contributed by atoms with Gasteiger partial charge in [0.05, 0.1) is 6.07 Å². The Bertz CT molecular complexity index is 487. The smallest absolute Gasteiger partial charge is 0.114 e. The molecular formula is C14H16N2O. The Balaban J connectivity index is 2.17. The summed E-state index contributed by atoms with van der Waals surface area (Å²) in [5, 5.41) is 23.4. The first-order chi connectivity index (χ1) is 8.22. The quantitative estimate of drug-likeness (QED) is 0.757. The Hall–Kier alpha value is -1.37. The lowest BCUT2D eigenvalue weighted by atomic mass is 9.59. The molecule has 0 saturated carbocycles. The van der Waals surface area contributed by atoms with Crippen molar-refractivity contribution in [3.8, 4) is 6.07 Å². The van der Waals surface area contributed by atoms with Gasteiger partial charge >= 0.3 is 0 Å². The molecule has 0 aromatic heterocycles. The topological polar surface area (TPSA) is 56.0 Å². The minimum Gasteiger partial charge on any atom is -0.385 e. The summed E-state index contributed by atoms with van der Waals surface area (Å²) in [6.07, 6.45) is 2.76. The molecule has 1 aliphatic heterocycles. The van der Waals surface area contributed by atoms with Crippen molar-refractivity contribution in [2.24, 2.45) is 0 Å². The zero-order valence-corrected chi connectivity index (χ0v) is 9.74. The van der Waals surface area contributed by atoms with Crippen LogP contribution in [0.15, 0.2) is 24.3 Å². The second-order valence-corrected chi connectivity index (χ2v) is 5.16. The molecule has 88 valence electrons. The fraction of sp³-hybridized carbons (Fsp3) is 0.500. The Morgan fingerprint density at radius 1 is 1.29 bits per heavy atom. The van der Waals surface area contributed by atoms with Crippen molar-refractivity contribution in [3.63, 3.8) is 0 Å².